The van der Waals surface area contributed by atoms with Crippen LogP contribution in [0.2, 0.25) is 0 Å². The number of guanidine groups is 1. The Morgan fingerprint density at radius 3 is 2.81 bits per heavy atom. The molecule has 1 aliphatic heterocycles. The van der Waals surface area contributed by atoms with E-state index in [1.165, 1.54) is 5.56 Å². The van der Waals surface area contributed by atoms with Crippen LogP contribution in [0.1, 0.15) is 43.5 Å². The van der Waals surface area contributed by atoms with Gasteiger partial charge in [0, 0.05) is 25.1 Å². The van der Waals surface area contributed by atoms with Crippen LogP contribution in [-0.2, 0) is 13.6 Å². The number of rotatable bonds is 4. The molecule has 8 heteroatoms. The van der Waals surface area contributed by atoms with Crippen LogP contribution in [0.25, 0.3) is 0 Å². The van der Waals surface area contributed by atoms with Crippen molar-refractivity contribution in [3.63, 3.8) is 0 Å². The van der Waals surface area contributed by atoms with Crippen molar-refractivity contribution in [1.29, 1.82) is 0 Å². The monoisotopic (exact) mass is 470 g/mol. The molecule has 2 heterocycles. The first kappa shape index (κ1) is 20.5. The van der Waals surface area contributed by atoms with Crippen LogP contribution in [0.3, 0.4) is 0 Å². The molecule has 142 valence electrons. The Balaban J connectivity index is 0.00000243. The zero-order valence-corrected chi connectivity index (χ0v) is 18.0. The fraction of sp³-hybridized carbons (Fsp3) is 0.500. The number of aliphatic imine (C=N–C) groups is 1. The van der Waals surface area contributed by atoms with E-state index in [0.29, 0.717) is 13.2 Å². The maximum Gasteiger partial charge on any atom is 0.192 e. The van der Waals surface area contributed by atoms with E-state index in [9.17, 15) is 0 Å². The number of ether oxygens (including phenoxy) is 1. The second-order valence-electron chi connectivity index (χ2n) is 6.56. The van der Waals surface area contributed by atoms with Crippen LogP contribution in [0.4, 0.5) is 0 Å². The van der Waals surface area contributed by atoms with E-state index < -0.39 is 0 Å². The summed E-state index contributed by atoms with van der Waals surface area (Å²) in [7, 11) is 1.96. The lowest BCUT2D eigenvalue weighted by Crippen LogP contribution is -2.44. The molecule has 1 atom stereocenters. The molecule has 0 aliphatic carbocycles. The smallest absolute Gasteiger partial charge is 0.192 e. The van der Waals surface area contributed by atoms with Crippen molar-refractivity contribution in [1.82, 2.24) is 25.4 Å². The molecule has 1 aliphatic rings. The summed E-state index contributed by atoms with van der Waals surface area (Å²) in [6.07, 6.45) is 0.902. The first-order chi connectivity index (χ1) is 12.0. The summed E-state index contributed by atoms with van der Waals surface area (Å²) in [5, 5.41) is 15.2. The predicted octanol–water partition coefficient (Wildman–Crippen LogP) is 2.71. The van der Waals surface area contributed by atoms with Crippen molar-refractivity contribution in [3.8, 4) is 5.75 Å². The fourth-order valence-corrected chi connectivity index (χ4v) is 2.80. The Morgan fingerprint density at radius 1 is 1.35 bits per heavy atom. The van der Waals surface area contributed by atoms with Gasteiger partial charge in [0.2, 0.25) is 0 Å². The standard InChI is InChI=1S/C18H26N6O.HI/c1-12(2)20-18(19-11-17-23-22-13(3)24(17)4)21-15-9-10-25-16-8-6-5-7-14(15)16;/h5-8,12,15H,9-11H2,1-4H3,(H2,19,20,21);1H. The normalized spacial score (nSPS) is 16.5. The highest BCUT2D eigenvalue weighted by Crippen LogP contribution is 2.31. The highest BCUT2D eigenvalue weighted by atomic mass is 127. The Bertz CT molecular complexity index is 758. The van der Waals surface area contributed by atoms with Crippen LogP contribution in [0, 0.1) is 6.92 Å². The Labute approximate surface area is 171 Å². The topological polar surface area (TPSA) is 76.4 Å². The Morgan fingerprint density at radius 2 is 2.12 bits per heavy atom. The third kappa shape index (κ3) is 4.87. The van der Waals surface area contributed by atoms with Gasteiger partial charge in [-0.3, -0.25) is 0 Å². The van der Waals surface area contributed by atoms with E-state index >= 15 is 0 Å². The van der Waals surface area contributed by atoms with Gasteiger partial charge in [0.25, 0.3) is 0 Å². The number of nitrogens with one attached hydrogen (secondary N) is 2. The molecule has 0 amide bonds. The van der Waals surface area contributed by atoms with Crippen molar-refractivity contribution < 1.29 is 4.74 Å². The maximum absolute atomic E-state index is 5.74. The summed E-state index contributed by atoms with van der Waals surface area (Å²) >= 11 is 0. The summed E-state index contributed by atoms with van der Waals surface area (Å²) in [6.45, 7) is 7.31. The second kappa shape index (κ2) is 9.20. The molecule has 26 heavy (non-hydrogen) atoms. The highest BCUT2D eigenvalue weighted by molar-refractivity contribution is 14.0. The van der Waals surface area contributed by atoms with Gasteiger partial charge < -0.3 is 19.9 Å². The van der Waals surface area contributed by atoms with Gasteiger partial charge in [0.15, 0.2) is 11.8 Å². The molecule has 7 nitrogen and oxygen atoms in total. The molecular weight excluding hydrogens is 443 g/mol. The van der Waals surface area contributed by atoms with Crippen molar-refractivity contribution in [2.75, 3.05) is 6.61 Å². The Kier molecular flexibility index (Phi) is 7.24. The van der Waals surface area contributed by atoms with Gasteiger partial charge in [-0.25, -0.2) is 4.99 Å². The van der Waals surface area contributed by atoms with Crippen molar-refractivity contribution in [2.24, 2.45) is 12.0 Å². The highest BCUT2D eigenvalue weighted by Gasteiger charge is 2.22. The largest absolute Gasteiger partial charge is 0.493 e. The van der Waals surface area contributed by atoms with E-state index in [-0.39, 0.29) is 36.1 Å². The van der Waals surface area contributed by atoms with E-state index in [4.69, 9.17) is 9.73 Å². The van der Waals surface area contributed by atoms with Gasteiger partial charge in [0.05, 0.1) is 12.6 Å². The van der Waals surface area contributed by atoms with Crippen molar-refractivity contribution in [2.45, 2.75) is 45.8 Å². The average Bonchev–Trinajstić information content (AvgIpc) is 2.91. The molecule has 0 spiro atoms. The van der Waals surface area contributed by atoms with Gasteiger partial charge in [-0.2, -0.15) is 0 Å². The minimum Gasteiger partial charge on any atom is -0.493 e. The van der Waals surface area contributed by atoms with Gasteiger partial charge in [-0.15, -0.1) is 34.2 Å². The summed E-state index contributed by atoms with van der Waals surface area (Å²) in [4.78, 5) is 4.71. The molecule has 0 fully saturated rings. The van der Waals surface area contributed by atoms with Gasteiger partial charge in [-0.1, -0.05) is 18.2 Å². The molecule has 1 aromatic heterocycles. The molecule has 0 bridgehead atoms. The number of hydrogen-bond donors (Lipinski definition) is 2. The first-order valence-electron chi connectivity index (χ1n) is 8.68. The SMILES string of the molecule is Cc1nnc(CN=C(NC(C)C)NC2CCOc3ccccc32)n1C.I. The van der Waals surface area contributed by atoms with E-state index in [0.717, 1.165) is 29.8 Å². The van der Waals surface area contributed by atoms with E-state index in [1.54, 1.807) is 0 Å². The lowest BCUT2D eigenvalue weighted by Gasteiger charge is -2.28. The fourth-order valence-electron chi connectivity index (χ4n) is 2.80. The van der Waals surface area contributed by atoms with Crippen LogP contribution in [0.15, 0.2) is 29.3 Å². The van der Waals surface area contributed by atoms with Crippen LogP contribution >= 0.6 is 24.0 Å². The molecule has 0 radical (unpaired) electrons. The lowest BCUT2D eigenvalue weighted by molar-refractivity contribution is 0.261. The summed E-state index contributed by atoms with van der Waals surface area (Å²) < 4.78 is 7.70. The van der Waals surface area contributed by atoms with Gasteiger partial charge >= 0.3 is 0 Å². The second-order valence-corrected chi connectivity index (χ2v) is 6.56. The first-order valence-corrected chi connectivity index (χ1v) is 8.68. The van der Waals surface area contributed by atoms with E-state index in [2.05, 4.69) is 40.7 Å². The van der Waals surface area contributed by atoms with E-state index in [1.807, 2.05) is 36.7 Å². The minimum atomic E-state index is 0. The van der Waals surface area contributed by atoms with Crippen LogP contribution < -0.4 is 15.4 Å². The third-order valence-corrected chi connectivity index (χ3v) is 4.26. The third-order valence-electron chi connectivity index (χ3n) is 4.26. The summed E-state index contributed by atoms with van der Waals surface area (Å²) in [6, 6.07) is 8.61. The lowest BCUT2D eigenvalue weighted by atomic mass is 10.0. The molecule has 2 N–H and O–H groups in total. The minimum absolute atomic E-state index is 0. The number of halogens is 1. The zero-order chi connectivity index (χ0) is 17.8. The maximum atomic E-state index is 5.74. The number of nitrogens with zero attached hydrogens (tertiary/aromatic N) is 4. The number of aromatic nitrogens is 3. The van der Waals surface area contributed by atoms with Crippen molar-refractivity contribution >= 4 is 29.9 Å². The number of para-hydroxylation sites is 1. The Hall–Kier alpha value is -1.84. The quantitative estimate of drug-likeness (QED) is 0.409. The molecule has 1 aromatic carbocycles. The zero-order valence-electron chi connectivity index (χ0n) is 15.7. The molecule has 0 saturated carbocycles. The molecule has 1 unspecified atom stereocenters. The van der Waals surface area contributed by atoms with Crippen molar-refractivity contribution in [3.05, 3.63) is 41.5 Å². The summed E-state index contributed by atoms with van der Waals surface area (Å²) in [5.74, 6) is 3.45. The number of aryl methyl sites for hydroxylation is 1. The molecule has 2 aromatic rings. The van der Waals surface area contributed by atoms with Crippen LogP contribution in [-0.4, -0.2) is 33.4 Å². The van der Waals surface area contributed by atoms with Gasteiger partial charge in [0.1, 0.15) is 18.1 Å². The average molecular weight is 470 g/mol. The number of hydrogen-bond acceptors (Lipinski definition) is 4. The van der Waals surface area contributed by atoms with Crippen LogP contribution in [0.5, 0.6) is 5.75 Å². The number of benzene rings is 1. The van der Waals surface area contributed by atoms with Gasteiger partial charge in [-0.05, 0) is 26.8 Å². The predicted molar refractivity (Wildman–Crippen MR) is 113 cm³/mol. The molecular formula is C18H27IN6O. The number of fused-ring (bicyclic) bond motifs is 1. The molecule has 3 rings (SSSR count). The summed E-state index contributed by atoms with van der Waals surface area (Å²) in [5.41, 5.74) is 1.17. The molecule has 0 saturated heterocycles.